The fraction of sp³-hybridized carbons (Fsp3) is 0.455. The van der Waals surface area contributed by atoms with E-state index in [-0.39, 0.29) is 17.7 Å². The van der Waals surface area contributed by atoms with Crippen LogP contribution in [0.3, 0.4) is 0 Å². The Morgan fingerprint density at radius 2 is 1.94 bits per heavy atom. The van der Waals surface area contributed by atoms with Gasteiger partial charge in [0.15, 0.2) is 0 Å². The largest absolute Gasteiger partial charge is 0.573 e. The van der Waals surface area contributed by atoms with E-state index in [9.17, 15) is 13.2 Å². The molecule has 0 saturated carbocycles. The molecule has 0 aliphatic carbocycles. The van der Waals surface area contributed by atoms with Crippen molar-refractivity contribution >= 4 is 0 Å². The first-order chi connectivity index (χ1) is 8.49. The third-order valence-corrected chi connectivity index (χ3v) is 2.87. The highest BCUT2D eigenvalue weighted by Gasteiger charge is 2.31. The minimum atomic E-state index is -4.66. The molecule has 0 bridgehead atoms. The Morgan fingerprint density at radius 1 is 1.28 bits per heavy atom. The van der Waals surface area contributed by atoms with Gasteiger partial charge in [0.1, 0.15) is 5.75 Å². The monoisotopic (exact) mass is 261 g/mol. The maximum absolute atomic E-state index is 12.0. The summed E-state index contributed by atoms with van der Waals surface area (Å²) >= 11 is 0. The highest BCUT2D eigenvalue weighted by molar-refractivity contribution is 5.30. The Kier molecular flexibility index (Phi) is 3.74. The summed E-state index contributed by atoms with van der Waals surface area (Å²) in [4.78, 5) is 0. The van der Waals surface area contributed by atoms with Gasteiger partial charge in [-0.25, -0.2) is 5.43 Å². The van der Waals surface area contributed by atoms with Gasteiger partial charge in [0.05, 0.1) is 6.04 Å². The molecule has 7 heteroatoms. The Bertz CT molecular complexity index is 394. The Hall–Kier alpha value is -1.31. The predicted molar refractivity (Wildman–Crippen MR) is 59.5 cm³/mol. The summed E-state index contributed by atoms with van der Waals surface area (Å²) in [6.07, 6.45) is -4.66. The SMILES string of the molecule is NCC1CNNC1c1ccc(OC(F)(F)F)cc1. The first kappa shape index (κ1) is 13.1. The molecule has 2 rings (SSSR count). The molecular weight excluding hydrogens is 247 g/mol. The molecule has 4 N–H and O–H groups in total. The van der Waals surface area contributed by atoms with Gasteiger partial charge in [-0.2, -0.15) is 0 Å². The van der Waals surface area contributed by atoms with Crippen molar-refractivity contribution in [1.29, 1.82) is 0 Å². The van der Waals surface area contributed by atoms with Crippen molar-refractivity contribution in [2.75, 3.05) is 13.1 Å². The van der Waals surface area contributed by atoms with Crippen LogP contribution in [-0.2, 0) is 0 Å². The van der Waals surface area contributed by atoms with Crippen molar-refractivity contribution in [1.82, 2.24) is 10.9 Å². The number of rotatable bonds is 3. The van der Waals surface area contributed by atoms with Gasteiger partial charge in [-0.1, -0.05) is 12.1 Å². The summed E-state index contributed by atoms with van der Waals surface area (Å²) in [7, 11) is 0. The Morgan fingerprint density at radius 3 is 2.50 bits per heavy atom. The van der Waals surface area contributed by atoms with Gasteiger partial charge < -0.3 is 10.5 Å². The topological polar surface area (TPSA) is 59.3 Å². The molecule has 4 nitrogen and oxygen atoms in total. The lowest BCUT2D eigenvalue weighted by Crippen LogP contribution is -2.26. The minimum absolute atomic E-state index is 0.00920. The highest BCUT2D eigenvalue weighted by Crippen LogP contribution is 2.28. The lowest BCUT2D eigenvalue weighted by Gasteiger charge is -2.17. The number of nitrogens with one attached hydrogen (secondary N) is 2. The van der Waals surface area contributed by atoms with E-state index in [0.29, 0.717) is 6.54 Å². The van der Waals surface area contributed by atoms with Gasteiger partial charge in [0.2, 0.25) is 0 Å². The molecule has 1 aromatic rings. The predicted octanol–water partition coefficient (Wildman–Crippen LogP) is 1.31. The van der Waals surface area contributed by atoms with Crippen LogP contribution in [0.5, 0.6) is 5.75 Å². The maximum Gasteiger partial charge on any atom is 0.573 e. The van der Waals surface area contributed by atoms with Gasteiger partial charge in [-0.05, 0) is 24.2 Å². The Balaban J connectivity index is 2.08. The molecule has 1 aliphatic heterocycles. The first-order valence-corrected chi connectivity index (χ1v) is 5.54. The molecule has 2 atom stereocenters. The van der Waals surface area contributed by atoms with Gasteiger partial charge >= 0.3 is 6.36 Å². The van der Waals surface area contributed by atoms with Gasteiger partial charge in [-0.3, -0.25) is 5.43 Å². The van der Waals surface area contributed by atoms with Crippen LogP contribution in [0.25, 0.3) is 0 Å². The van der Waals surface area contributed by atoms with E-state index in [4.69, 9.17) is 5.73 Å². The second-order valence-corrected chi connectivity index (χ2v) is 4.12. The molecule has 1 saturated heterocycles. The van der Waals surface area contributed by atoms with E-state index in [0.717, 1.165) is 12.1 Å². The first-order valence-electron chi connectivity index (χ1n) is 5.54. The summed E-state index contributed by atoms with van der Waals surface area (Å²) in [5.41, 5.74) is 12.5. The van der Waals surface area contributed by atoms with Crippen molar-refractivity contribution in [3.63, 3.8) is 0 Å². The number of halogens is 3. The fourth-order valence-corrected chi connectivity index (χ4v) is 1.99. The summed E-state index contributed by atoms with van der Waals surface area (Å²) in [6.45, 7) is 1.24. The number of alkyl halides is 3. The molecule has 100 valence electrons. The average Bonchev–Trinajstić information content (AvgIpc) is 2.76. The quantitative estimate of drug-likeness (QED) is 0.768. The molecule has 2 unspecified atom stereocenters. The number of ether oxygens (including phenoxy) is 1. The zero-order valence-corrected chi connectivity index (χ0v) is 9.50. The number of hydrazine groups is 1. The van der Waals surface area contributed by atoms with Crippen LogP contribution in [0.4, 0.5) is 13.2 Å². The van der Waals surface area contributed by atoms with E-state index in [2.05, 4.69) is 15.6 Å². The third-order valence-electron chi connectivity index (χ3n) is 2.87. The van der Waals surface area contributed by atoms with Gasteiger partial charge in [-0.15, -0.1) is 13.2 Å². The molecule has 0 amide bonds. The fourth-order valence-electron chi connectivity index (χ4n) is 1.99. The zero-order valence-electron chi connectivity index (χ0n) is 9.50. The average molecular weight is 261 g/mol. The molecule has 0 radical (unpaired) electrons. The lowest BCUT2D eigenvalue weighted by atomic mass is 9.95. The van der Waals surface area contributed by atoms with Crippen LogP contribution in [0.15, 0.2) is 24.3 Å². The van der Waals surface area contributed by atoms with Crippen molar-refractivity contribution in [3.8, 4) is 5.75 Å². The third kappa shape index (κ3) is 3.12. The number of hydrogen-bond donors (Lipinski definition) is 3. The number of hydrogen-bond acceptors (Lipinski definition) is 4. The maximum atomic E-state index is 12.0. The second-order valence-electron chi connectivity index (χ2n) is 4.12. The van der Waals surface area contributed by atoms with Gasteiger partial charge in [0.25, 0.3) is 0 Å². The van der Waals surface area contributed by atoms with Crippen molar-refractivity contribution < 1.29 is 17.9 Å². The lowest BCUT2D eigenvalue weighted by molar-refractivity contribution is -0.274. The minimum Gasteiger partial charge on any atom is -0.406 e. The molecule has 0 aromatic heterocycles. The van der Waals surface area contributed by atoms with Crippen LogP contribution in [-0.4, -0.2) is 19.5 Å². The summed E-state index contributed by atoms with van der Waals surface area (Å²) in [5.74, 6) is 0.000823. The molecule has 18 heavy (non-hydrogen) atoms. The zero-order chi connectivity index (χ0) is 13.2. The summed E-state index contributed by atoms with van der Waals surface area (Å²) in [6, 6.07) is 5.82. The second kappa shape index (κ2) is 5.13. The van der Waals surface area contributed by atoms with Gasteiger partial charge in [0, 0.05) is 12.5 Å². The standard InChI is InChI=1S/C11H14F3N3O/c12-11(13,14)18-9-3-1-7(2-4-9)10-8(5-15)6-16-17-10/h1-4,8,10,16-17H,5-6,15H2. The smallest absolute Gasteiger partial charge is 0.406 e. The molecule has 1 aliphatic rings. The van der Waals surface area contributed by atoms with Crippen molar-refractivity contribution in [2.24, 2.45) is 11.7 Å². The summed E-state index contributed by atoms with van der Waals surface area (Å²) in [5, 5.41) is 0. The summed E-state index contributed by atoms with van der Waals surface area (Å²) < 4.78 is 39.8. The molecule has 1 heterocycles. The van der Waals surface area contributed by atoms with Crippen LogP contribution >= 0.6 is 0 Å². The number of nitrogens with two attached hydrogens (primary N) is 1. The highest BCUT2D eigenvalue weighted by atomic mass is 19.4. The van der Waals surface area contributed by atoms with E-state index in [1.54, 1.807) is 12.1 Å². The molecular formula is C11H14F3N3O. The van der Waals surface area contributed by atoms with Crippen LogP contribution in [0.2, 0.25) is 0 Å². The van der Waals surface area contributed by atoms with Crippen molar-refractivity contribution in [3.05, 3.63) is 29.8 Å². The molecule has 1 aromatic carbocycles. The molecule has 1 fully saturated rings. The van der Waals surface area contributed by atoms with Crippen LogP contribution in [0, 0.1) is 5.92 Å². The molecule has 0 spiro atoms. The normalized spacial score (nSPS) is 24.2. The van der Waals surface area contributed by atoms with E-state index < -0.39 is 6.36 Å². The van der Waals surface area contributed by atoms with E-state index >= 15 is 0 Å². The number of benzene rings is 1. The van der Waals surface area contributed by atoms with Crippen LogP contribution < -0.4 is 21.3 Å². The Labute approximate surface area is 102 Å². The van der Waals surface area contributed by atoms with E-state index in [1.807, 2.05) is 0 Å². The van der Waals surface area contributed by atoms with Crippen LogP contribution in [0.1, 0.15) is 11.6 Å². The van der Waals surface area contributed by atoms with Crippen molar-refractivity contribution in [2.45, 2.75) is 12.4 Å². The van der Waals surface area contributed by atoms with E-state index in [1.165, 1.54) is 12.1 Å².